The standard InChI is InChI=1S/C10H15N3O3S/c11-9-3-4-12-6-10(9)17(15,16)13-5-1-2-8(13)7-14/h3-4,6,8,14H,1-2,5,7H2,(H2,11,12). The number of pyridine rings is 1. The van der Waals surface area contributed by atoms with E-state index in [0.29, 0.717) is 13.0 Å². The number of nitrogen functional groups attached to an aromatic ring is 1. The van der Waals surface area contributed by atoms with E-state index < -0.39 is 10.0 Å². The number of anilines is 1. The third-order valence-corrected chi connectivity index (χ3v) is 4.93. The van der Waals surface area contributed by atoms with Gasteiger partial charge in [0.25, 0.3) is 0 Å². The van der Waals surface area contributed by atoms with Gasteiger partial charge in [-0.15, -0.1) is 0 Å². The molecule has 0 bridgehead atoms. The molecule has 94 valence electrons. The first kappa shape index (κ1) is 12.3. The number of rotatable bonds is 3. The highest BCUT2D eigenvalue weighted by molar-refractivity contribution is 7.89. The van der Waals surface area contributed by atoms with E-state index in [1.54, 1.807) is 0 Å². The van der Waals surface area contributed by atoms with Crippen molar-refractivity contribution in [3.63, 3.8) is 0 Å². The summed E-state index contributed by atoms with van der Waals surface area (Å²) in [7, 11) is -3.64. The molecule has 1 aliphatic heterocycles. The zero-order valence-corrected chi connectivity index (χ0v) is 10.1. The molecule has 17 heavy (non-hydrogen) atoms. The zero-order valence-electron chi connectivity index (χ0n) is 9.28. The van der Waals surface area contributed by atoms with Crippen molar-refractivity contribution in [3.8, 4) is 0 Å². The Kier molecular flexibility index (Phi) is 3.32. The summed E-state index contributed by atoms with van der Waals surface area (Å²) in [6.45, 7) is 0.251. The van der Waals surface area contributed by atoms with Gasteiger partial charge in [0.05, 0.1) is 12.3 Å². The van der Waals surface area contributed by atoms with Gasteiger partial charge in [0.15, 0.2) is 0 Å². The summed E-state index contributed by atoms with van der Waals surface area (Å²) >= 11 is 0. The van der Waals surface area contributed by atoms with E-state index in [-0.39, 0.29) is 23.2 Å². The summed E-state index contributed by atoms with van der Waals surface area (Å²) < 4.78 is 25.9. The molecule has 0 saturated carbocycles. The number of hydrogen-bond acceptors (Lipinski definition) is 5. The highest BCUT2D eigenvalue weighted by Gasteiger charge is 2.35. The lowest BCUT2D eigenvalue weighted by atomic mass is 10.2. The van der Waals surface area contributed by atoms with Gasteiger partial charge in [0.1, 0.15) is 4.90 Å². The number of aliphatic hydroxyl groups excluding tert-OH is 1. The molecule has 1 aromatic heterocycles. The topological polar surface area (TPSA) is 96.5 Å². The van der Waals surface area contributed by atoms with Crippen molar-refractivity contribution < 1.29 is 13.5 Å². The molecule has 6 nitrogen and oxygen atoms in total. The van der Waals surface area contributed by atoms with Gasteiger partial charge in [-0.1, -0.05) is 0 Å². The van der Waals surface area contributed by atoms with E-state index in [0.717, 1.165) is 6.42 Å². The van der Waals surface area contributed by atoms with Crippen LogP contribution < -0.4 is 5.73 Å². The van der Waals surface area contributed by atoms with Crippen LogP contribution in [0.4, 0.5) is 5.69 Å². The van der Waals surface area contributed by atoms with Crippen LogP contribution in [0.5, 0.6) is 0 Å². The van der Waals surface area contributed by atoms with Gasteiger partial charge >= 0.3 is 0 Å². The second kappa shape index (κ2) is 4.59. The molecule has 2 rings (SSSR count). The third-order valence-electron chi connectivity index (χ3n) is 2.94. The Balaban J connectivity index is 2.40. The van der Waals surface area contributed by atoms with Gasteiger partial charge in [-0.25, -0.2) is 8.42 Å². The van der Waals surface area contributed by atoms with Crippen molar-refractivity contribution in [2.24, 2.45) is 0 Å². The average molecular weight is 257 g/mol. The summed E-state index contributed by atoms with van der Waals surface area (Å²) in [5.74, 6) is 0. The van der Waals surface area contributed by atoms with Crippen LogP contribution in [0, 0.1) is 0 Å². The lowest BCUT2D eigenvalue weighted by molar-refractivity contribution is 0.213. The molecule has 0 aromatic carbocycles. The Morgan fingerprint density at radius 1 is 1.59 bits per heavy atom. The van der Waals surface area contributed by atoms with Crippen LogP contribution in [-0.2, 0) is 10.0 Å². The van der Waals surface area contributed by atoms with E-state index in [9.17, 15) is 8.42 Å². The SMILES string of the molecule is Nc1ccncc1S(=O)(=O)N1CCCC1CO. The van der Waals surface area contributed by atoms with E-state index in [4.69, 9.17) is 10.8 Å². The lowest BCUT2D eigenvalue weighted by Crippen LogP contribution is -2.37. The minimum atomic E-state index is -3.64. The zero-order chi connectivity index (χ0) is 12.5. The summed E-state index contributed by atoms with van der Waals surface area (Å²) in [5.41, 5.74) is 5.84. The van der Waals surface area contributed by atoms with Crippen LogP contribution in [0.3, 0.4) is 0 Å². The van der Waals surface area contributed by atoms with E-state index in [1.807, 2.05) is 0 Å². The molecule has 3 N–H and O–H groups in total. The molecule has 1 atom stereocenters. The highest BCUT2D eigenvalue weighted by Crippen LogP contribution is 2.27. The fraction of sp³-hybridized carbons (Fsp3) is 0.500. The molecule has 1 fully saturated rings. The number of nitrogens with zero attached hydrogens (tertiary/aromatic N) is 2. The molecule has 1 saturated heterocycles. The average Bonchev–Trinajstić information content (AvgIpc) is 2.78. The van der Waals surface area contributed by atoms with E-state index in [2.05, 4.69) is 4.98 Å². The largest absolute Gasteiger partial charge is 0.398 e. The first-order chi connectivity index (χ1) is 8.07. The van der Waals surface area contributed by atoms with Gasteiger partial charge in [-0.05, 0) is 18.9 Å². The summed E-state index contributed by atoms with van der Waals surface area (Å²) in [6.07, 6.45) is 4.12. The number of hydrogen-bond donors (Lipinski definition) is 2. The summed E-state index contributed by atoms with van der Waals surface area (Å²) in [5, 5.41) is 9.16. The highest BCUT2D eigenvalue weighted by atomic mass is 32.2. The molecule has 0 radical (unpaired) electrons. The quantitative estimate of drug-likeness (QED) is 0.782. The molecule has 2 heterocycles. The lowest BCUT2D eigenvalue weighted by Gasteiger charge is -2.22. The van der Waals surface area contributed by atoms with Crippen LogP contribution in [0.15, 0.2) is 23.4 Å². The maximum atomic E-state index is 12.3. The maximum Gasteiger partial charge on any atom is 0.246 e. The predicted octanol–water partition coefficient (Wildman–Crippen LogP) is -0.191. The first-order valence-corrected chi connectivity index (χ1v) is 6.83. The summed E-state index contributed by atoms with van der Waals surface area (Å²) in [6, 6.07) is 1.11. The number of sulfonamides is 1. The Hall–Kier alpha value is -1.18. The van der Waals surface area contributed by atoms with Gasteiger partial charge < -0.3 is 10.8 Å². The Morgan fingerprint density at radius 3 is 3.00 bits per heavy atom. The summed E-state index contributed by atoms with van der Waals surface area (Å²) in [4.78, 5) is 3.80. The fourth-order valence-electron chi connectivity index (χ4n) is 2.04. The Bertz CT molecular complexity index is 503. The number of aliphatic hydroxyl groups is 1. The molecule has 7 heteroatoms. The third kappa shape index (κ3) is 2.13. The monoisotopic (exact) mass is 257 g/mol. The van der Waals surface area contributed by atoms with Crippen molar-refractivity contribution in [2.45, 2.75) is 23.8 Å². The molecular weight excluding hydrogens is 242 g/mol. The van der Waals surface area contributed by atoms with E-state index in [1.165, 1.54) is 22.8 Å². The Labute approximate surface area is 100 Å². The van der Waals surface area contributed by atoms with E-state index >= 15 is 0 Å². The van der Waals surface area contributed by atoms with Crippen molar-refractivity contribution in [2.75, 3.05) is 18.9 Å². The van der Waals surface area contributed by atoms with Crippen molar-refractivity contribution in [1.82, 2.24) is 9.29 Å². The van der Waals surface area contributed by atoms with Crippen molar-refractivity contribution in [3.05, 3.63) is 18.5 Å². The van der Waals surface area contributed by atoms with Crippen molar-refractivity contribution >= 4 is 15.7 Å². The molecule has 1 aromatic rings. The smallest absolute Gasteiger partial charge is 0.246 e. The van der Waals surface area contributed by atoms with Crippen LogP contribution in [0.1, 0.15) is 12.8 Å². The van der Waals surface area contributed by atoms with Crippen molar-refractivity contribution in [1.29, 1.82) is 0 Å². The van der Waals surface area contributed by atoms with Crippen LogP contribution in [0.2, 0.25) is 0 Å². The van der Waals surface area contributed by atoms with Crippen LogP contribution in [-0.4, -0.2) is 42.0 Å². The molecule has 0 amide bonds. The second-order valence-electron chi connectivity index (χ2n) is 4.01. The maximum absolute atomic E-state index is 12.3. The first-order valence-electron chi connectivity index (χ1n) is 5.39. The molecule has 0 aliphatic carbocycles. The fourth-order valence-corrected chi connectivity index (χ4v) is 3.79. The normalized spacial score (nSPS) is 21.8. The van der Waals surface area contributed by atoms with Crippen LogP contribution >= 0.6 is 0 Å². The minimum absolute atomic E-state index is 0.0142. The van der Waals surface area contributed by atoms with Crippen LogP contribution in [0.25, 0.3) is 0 Å². The van der Waals surface area contributed by atoms with Gasteiger partial charge in [-0.2, -0.15) is 4.31 Å². The molecular formula is C10H15N3O3S. The predicted molar refractivity (Wildman–Crippen MR) is 62.6 cm³/mol. The molecule has 1 unspecified atom stereocenters. The molecule has 1 aliphatic rings. The number of nitrogens with two attached hydrogens (primary N) is 1. The Morgan fingerprint density at radius 2 is 2.35 bits per heavy atom. The van der Waals surface area contributed by atoms with Gasteiger partial charge in [0, 0.05) is 25.0 Å². The second-order valence-corrected chi connectivity index (χ2v) is 5.87. The van der Waals surface area contributed by atoms with Gasteiger partial charge in [-0.3, -0.25) is 4.98 Å². The van der Waals surface area contributed by atoms with Gasteiger partial charge in [0.2, 0.25) is 10.0 Å². The molecule has 0 spiro atoms. The minimum Gasteiger partial charge on any atom is -0.398 e. The number of aromatic nitrogens is 1.